The number of amides is 1. The standard InChI is InChI=1S/C13H14F2N2O4/c1-16(7-9-3-2-4-21-9)13(18)10-5-8(14)6-11(12(10)15)17(19)20/h5-6,9H,2-4,7H2,1H3. The van der Waals surface area contributed by atoms with Crippen molar-refractivity contribution in [1.29, 1.82) is 0 Å². The van der Waals surface area contributed by atoms with Crippen LogP contribution in [-0.4, -0.2) is 42.0 Å². The molecule has 1 amide bonds. The lowest BCUT2D eigenvalue weighted by Gasteiger charge is -2.21. The van der Waals surface area contributed by atoms with Crippen molar-refractivity contribution < 1.29 is 23.2 Å². The van der Waals surface area contributed by atoms with Gasteiger partial charge in [0.1, 0.15) is 5.82 Å². The zero-order chi connectivity index (χ0) is 15.6. The van der Waals surface area contributed by atoms with Crippen LogP contribution in [0.2, 0.25) is 0 Å². The second kappa shape index (κ2) is 6.13. The highest BCUT2D eigenvalue weighted by Gasteiger charge is 2.27. The van der Waals surface area contributed by atoms with Crippen molar-refractivity contribution in [3.63, 3.8) is 0 Å². The number of nitrogens with zero attached hydrogens (tertiary/aromatic N) is 2. The smallest absolute Gasteiger partial charge is 0.308 e. The molecule has 0 bridgehead atoms. The number of ether oxygens (including phenoxy) is 1. The minimum atomic E-state index is -1.33. The van der Waals surface area contributed by atoms with Crippen molar-refractivity contribution in [2.75, 3.05) is 20.2 Å². The van der Waals surface area contributed by atoms with Gasteiger partial charge in [-0.25, -0.2) is 4.39 Å². The van der Waals surface area contributed by atoms with E-state index >= 15 is 0 Å². The predicted molar refractivity (Wildman–Crippen MR) is 68.9 cm³/mol. The summed E-state index contributed by atoms with van der Waals surface area (Å²) in [5.41, 5.74) is -1.70. The number of rotatable bonds is 4. The van der Waals surface area contributed by atoms with E-state index < -0.39 is 33.7 Å². The van der Waals surface area contributed by atoms with Gasteiger partial charge in [-0.05, 0) is 18.9 Å². The van der Waals surface area contributed by atoms with Crippen LogP contribution in [0.1, 0.15) is 23.2 Å². The number of halogens is 2. The van der Waals surface area contributed by atoms with Gasteiger partial charge in [-0.15, -0.1) is 0 Å². The molecule has 0 aliphatic carbocycles. The molecule has 1 heterocycles. The fourth-order valence-corrected chi connectivity index (χ4v) is 2.25. The summed E-state index contributed by atoms with van der Waals surface area (Å²) in [5, 5.41) is 10.7. The molecule has 8 heteroatoms. The van der Waals surface area contributed by atoms with E-state index in [1.165, 1.54) is 11.9 Å². The summed E-state index contributed by atoms with van der Waals surface area (Å²) in [4.78, 5) is 22.9. The molecule has 0 N–H and O–H groups in total. The first-order valence-corrected chi connectivity index (χ1v) is 6.40. The van der Waals surface area contributed by atoms with Gasteiger partial charge in [0.15, 0.2) is 0 Å². The van der Waals surface area contributed by atoms with Crippen LogP contribution < -0.4 is 0 Å². The van der Waals surface area contributed by atoms with Crippen molar-refractivity contribution in [3.8, 4) is 0 Å². The quantitative estimate of drug-likeness (QED) is 0.630. The number of likely N-dealkylation sites (N-methyl/N-ethyl adjacent to an activating group) is 1. The molecule has 114 valence electrons. The normalized spacial score (nSPS) is 17.8. The molecule has 0 aromatic heterocycles. The number of hydrogen-bond donors (Lipinski definition) is 0. The molecular formula is C13H14F2N2O4. The van der Waals surface area contributed by atoms with E-state index in [4.69, 9.17) is 4.74 Å². The van der Waals surface area contributed by atoms with E-state index in [0.29, 0.717) is 18.7 Å². The average molecular weight is 300 g/mol. The summed E-state index contributed by atoms with van der Waals surface area (Å²) in [6.45, 7) is 0.828. The van der Waals surface area contributed by atoms with Crippen LogP contribution in [0.15, 0.2) is 12.1 Å². The van der Waals surface area contributed by atoms with Gasteiger partial charge in [0.05, 0.1) is 22.7 Å². The van der Waals surface area contributed by atoms with E-state index in [1.54, 1.807) is 0 Å². The average Bonchev–Trinajstić information content (AvgIpc) is 2.92. The van der Waals surface area contributed by atoms with Gasteiger partial charge >= 0.3 is 5.69 Å². The Bertz CT molecular complexity index is 574. The molecule has 1 fully saturated rings. The van der Waals surface area contributed by atoms with Gasteiger partial charge in [-0.3, -0.25) is 14.9 Å². The Morgan fingerprint density at radius 3 is 2.81 bits per heavy atom. The van der Waals surface area contributed by atoms with E-state index in [9.17, 15) is 23.7 Å². The SMILES string of the molecule is CN(CC1CCCO1)C(=O)c1cc(F)cc([N+](=O)[O-])c1F. The Morgan fingerprint density at radius 2 is 2.24 bits per heavy atom. The maximum Gasteiger partial charge on any atom is 0.308 e. The summed E-state index contributed by atoms with van der Waals surface area (Å²) in [6.07, 6.45) is 1.51. The number of nitro groups is 1. The van der Waals surface area contributed by atoms with Crippen LogP contribution in [0.3, 0.4) is 0 Å². The summed E-state index contributed by atoms with van der Waals surface area (Å²) in [6, 6.07) is 1.11. The van der Waals surface area contributed by atoms with Gasteiger partial charge in [0, 0.05) is 20.2 Å². The predicted octanol–water partition coefficient (Wildman–Crippen LogP) is 2.12. The Labute approximate surface area is 119 Å². The molecule has 0 saturated carbocycles. The molecule has 6 nitrogen and oxygen atoms in total. The second-order valence-electron chi connectivity index (χ2n) is 4.86. The molecule has 1 aromatic carbocycles. The minimum absolute atomic E-state index is 0.148. The van der Waals surface area contributed by atoms with Gasteiger partial charge in [0.2, 0.25) is 5.82 Å². The molecule has 1 saturated heterocycles. The lowest BCUT2D eigenvalue weighted by Crippen LogP contribution is -2.34. The van der Waals surface area contributed by atoms with E-state index in [-0.39, 0.29) is 12.6 Å². The highest BCUT2D eigenvalue weighted by molar-refractivity contribution is 5.95. The number of benzene rings is 1. The Morgan fingerprint density at radius 1 is 1.52 bits per heavy atom. The molecule has 1 aliphatic heterocycles. The maximum atomic E-state index is 13.9. The van der Waals surface area contributed by atoms with E-state index in [0.717, 1.165) is 12.8 Å². The molecule has 1 atom stereocenters. The Hall–Kier alpha value is -2.09. The van der Waals surface area contributed by atoms with Crippen molar-refractivity contribution >= 4 is 11.6 Å². The largest absolute Gasteiger partial charge is 0.376 e. The van der Waals surface area contributed by atoms with Gasteiger partial charge in [-0.2, -0.15) is 4.39 Å². The molecule has 0 spiro atoms. The zero-order valence-corrected chi connectivity index (χ0v) is 11.3. The fourth-order valence-electron chi connectivity index (χ4n) is 2.25. The van der Waals surface area contributed by atoms with Gasteiger partial charge in [0.25, 0.3) is 5.91 Å². The summed E-state index contributed by atoms with van der Waals surface area (Å²) in [5.74, 6) is -3.17. The third-order valence-corrected chi connectivity index (χ3v) is 3.29. The summed E-state index contributed by atoms with van der Waals surface area (Å²) < 4.78 is 32.6. The highest BCUT2D eigenvalue weighted by atomic mass is 19.1. The number of carbonyl (C=O) groups is 1. The Kier molecular flexibility index (Phi) is 4.46. The lowest BCUT2D eigenvalue weighted by molar-refractivity contribution is -0.387. The van der Waals surface area contributed by atoms with Gasteiger partial charge in [-0.1, -0.05) is 0 Å². The van der Waals surface area contributed by atoms with E-state index in [2.05, 4.69) is 0 Å². The van der Waals surface area contributed by atoms with Crippen LogP contribution in [0.4, 0.5) is 14.5 Å². The minimum Gasteiger partial charge on any atom is -0.376 e. The first-order chi connectivity index (χ1) is 9.90. The van der Waals surface area contributed by atoms with Crippen molar-refractivity contribution in [2.45, 2.75) is 18.9 Å². The lowest BCUT2D eigenvalue weighted by atomic mass is 10.1. The monoisotopic (exact) mass is 300 g/mol. The molecule has 1 unspecified atom stereocenters. The third-order valence-electron chi connectivity index (χ3n) is 3.29. The van der Waals surface area contributed by atoms with Crippen molar-refractivity contribution in [2.24, 2.45) is 0 Å². The van der Waals surface area contributed by atoms with Crippen LogP contribution >= 0.6 is 0 Å². The molecule has 2 rings (SSSR count). The summed E-state index contributed by atoms with van der Waals surface area (Å²) in [7, 11) is 1.42. The molecule has 21 heavy (non-hydrogen) atoms. The maximum absolute atomic E-state index is 13.9. The number of carbonyl (C=O) groups excluding carboxylic acids is 1. The molecular weight excluding hydrogens is 286 g/mol. The number of nitro benzene ring substituents is 1. The molecule has 1 aromatic rings. The summed E-state index contributed by atoms with van der Waals surface area (Å²) >= 11 is 0. The topological polar surface area (TPSA) is 72.7 Å². The fraction of sp³-hybridized carbons (Fsp3) is 0.462. The first-order valence-electron chi connectivity index (χ1n) is 6.40. The van der Waals surface area contributed by atoms with E-state index in [1.807, 2.05) is 0 Å². The Balaban J connectivity index is 2.23. The third kappa shape index (κ3) is 3.33. The highest BCUT2D eigenvalue weighted by Crippen LogP contribution is 2.24. The molecule has 0 radical (unpaired) electrons. The van der Waals surface area contributed by atoms with Crippen LogP contribution in [0.25, 0.3) is 0 Å². The van der Waals surface area contributed by atoms with Crippen molar-refractivity contribution in [3.05, 3.63) is 39.4 Å². The first kappa shape index (κ1) is 15.3. The van der Waals surface area contributed by atoms with Crippen LogP contribution in [0.5, 0.6) is 0 Å². The molecule has 1 aliphatic rings. The van der Waals surface area contributed by atoms with Crippen LogP contribution in [-0.2, 0) is 4.74 Å². The van der Waals surface area contributed by atoms with Crippen molar-refractivity contribution in [1.82, 2.24) is 4.90 Å². The van der Waals surface area contributed by atoms with Crippen LogP contribution in [0, 0.1) is 21.7 Å². The zero-order valence-electron chi connectivity index (χ0n) is 11.3. The van der Waals surface area contributed by atoms with Gasteiger partial charge < -0.3 is 9.64 Å². The second-order valence-corrected chi connectivity index (χ2v) is 4.86. The number of hydrogen-bond acceptors (Lipinski definition) is 4.